The zero-order valence-corrected chi connectivity index (χ0v) is 6.74. The smallest absolute Gasteiger partial charge is 0.317 e. The molecule has 0 unspecified atom stereocenters. The van der Waals surface area contributed by atoms with Gasteiger partial charge in [-0.25, -0.2) is 9.78 Å². The maximum atomic E-state index is 10.5. The Morgan fingerprint density at radius 3 is 3.08 bits per heavy atom. The number of urea groups is 1. The van der Waals surface area contributed by atoms with E-state index in [2.05, 4.69) is 15.3 Å². The first-order valence-corrected chi connectivity index (χ1v) is 3.76. The molecule has 2 aromatic heterocycles. The van der Waals surface area contributed by atoms with Crippen molar-refractivity contribution in [1.29, 1.82) is 0 Å². The van der Waals surface area contributed by atoms with Crippen LogP contribution in [0.2, 0.25) is 0 Å². The summed E-state index contributed by atoms with van der Waals surface area (Å²) in [5.74, 6) is 0.458. The molecule has 0 bridgehead atoms. The van der Waals surface area contributed by atoms with Crippen molar-refractivity contribution in [3.05, 3.63) is 24.4 Å². The third-order valence-electron chi connectivity index (χ3n) is 1.66. The van der Waals surface area contributed by atoms with Gasteiger partial charge >= 0.3 is 6.03 Å². The number of anilines is 1. The molecule has 0 aliphatic heterocycles. The minimum atomic E-state index is -0.609. The first-order valence-electron chi connectivity index (χ1n) is 3.76. The molecule has 0 saturated carbocycles. The average molecular weight is 176 g/mol. The van der Waals surface area contributed by atoms with E-state index in [9.17, 15) is 4.79 Å². The molecule has 0 saturated heterocycles. The van der Waals surface area contributed by atoms with Gasteiger partial charge in [-0.05, 0) is 18.2 Å². The van der Waals surface area contributed by atoms with Gasteiger partial charge in [-0.15, -0.1) is 0 Å². The minimum absolute atomic E-state index is 0.458. The number of nitrogens with one attached hydrogen (secondary N) is 2. The van der Waals surface area contributed by atoms with Crippen molar-refractivity contribution in [2.45, 2.75) is 0 Å². The van der Waals surface area contributed by atoms with Crippen molar-refractivity contribution in [2.75, 3.05) is 5.32 Å². The Bertz CT molecular complexity index is 448. The van der Waals surface area contributed by atoms with E-state index in [0.29, 0.717) is 5.82 Å². The summed E-state index contributed by atoms with van der Waals surface area (Å²) in [5, 5.41) is 2.40. The molecule has 0 atom stereocenters. The number of pyridine rings is 1. The lowest BCUT2D eigenvalue weighted by molar-refractivity contribution is 0.259. The van der Waals surface area contributed by atoms with Crippen LogP contribution in [0, 0.1) is 0 Å². The average Bonchev–Trinajstić information content (AvgIpc) is 2.49. The van der Waals surface area contributed by atoms with Gasteiger partial charge in [0.05, 0.1) is 11.0 Å². The van der Waals surface area contributed by atoms with Gasteiger partial charge in [-0.3, -0.25) is 5.32 Å². The maximum absolute atomic E-state index is 10.5. The molecule has 5 nitrogen and oxygen atoms in total. The lowest BCUT2D eigenvalue weighted by Gasteiger charge is -1.99. The zero-order valence-electron chi connectivity index (χ0n) is 6.74. The van der Waals surface area contributed by atoms with Gasteiger partial charge in [0, 0.05) is 6.20 Å². The number of fused-ring (bicyclic) bond motifs is 1. The molecule has 13 heavy (non-hydrogen) atoms. The highest BCUT2D eigenvalue weighted by Gasteiger charge is 1.99. The molecule has 5 heteroatoms. The van der Waals surface area contributed by atoms with Crippen LogP contribution in [0.1, 0.15) is 0 Å². The quantitative estimate of drug-likeness (QED) is 0.606. The third-order valence-corrected chi connectivity index (χ3v) is 1.66. The minimum Gasteiger partial charge on any atom is -0.360 e. The van der Waals surface area contributed by atoms with Gasteiger partial charge in [-0.1, -0.05) is 0 Å². The van der Waals surface area contributed by atoms with Crippen LogP contribution in [-0.2, 0) is 0 Å². The summed E-state index contributed by atoms with van der Waals surface area (Å²) in [4.78, 5) is 17.6. The highest BCUT2D eigenvalue weighted by molar-refractivity contribution is 5.88. The predicted octanol–water partition coefficient (Wildman–Crippen LogP) is 1.05. The lowest BCUT2D eigenvalue weighted by Crippen LogP contribution is -2.19. The first kappa shape index (κ1) is 7.60. The Labute approximate surface area is 74.0 Å². The summed E-state index contributed by atoms with van der Waals surface area (Å²) in [6, 6.07) is 4.72. The van der Waals surface area contributed by atoms with E-state index >= 15 is 0 Å². The first-order chi connectivity index (χ1) is 6.25. The molecule has 2 amide bonds. The van der Waals surface area contributed by atoms with Crippen LogP contribution in [0.5, 0.6) is 0 Å². The molecule has 0 aliphatic carbocycles. The molecular weight excluding hydrogens is 168 g/mol. The second-order valence-corrected chi connectivity index (χ2v) is 2.60. The molecule has 2 rings (SSSR count). The van der Waals surface area contributed by atoms with E-state index in [4.69, 9.17) is 5.73 Å². The Kier molecular flexibility index (Phi) is 1.63. The van der Waals surface area contributed by atoms with E-state index in [1.54, 1.807) is 12.3 Å². The number of hydrogen-bond acceptors (Lipinski definition) is 2. The number of carbonyl (C=O) groups is 1. The normalized spacial score (nSPS) is 10.2. The molecule has 0 spiro atoms. The van der Waals surface area contributed by atoms with Crippen molar-refractivity contribution < 1.29 is 4.79 Å². The van der Waals surface area contributed by atoms with Crippen molar-refractivity contribution in [1.82, 2.24) is 9.97 Å². The fraction of sp³-hybridized carbons (Fsp3) is 0. The Morgan fingerprint density at radius 1 is 1.46 bits per heavy atom. The molecule has 2 aromatic rings. The van der Waals surface area contributed by atoms with Gasteiger partial charge < -0.3 is 10.7 Å². The predicted molar refractivity (Wildman–Crippen MR) is 49.3 cm³/mol. The van der Waals surface area contributed by atoms with Crippen molar-refractivity contribution in [3.8, 4) is 0 Å². The molecule has 2 heterocycles. The maximum Gasteiger partial charge on any atom is 0.317 e. The Morgan fingerprint density at radius 2 is 2.31 bits per heavy atom. The number of aromatic nitrogens is 2. The van der Waals surface area contributed by atoms with Crippen molar-refractivity contribution >= 4 is 22.9 Å². The topological polar surface area (TPSA) is 83.8 Å². The number of aromatic amines is 1. The number of carbonyl (C=O) groups excluding carboxylic acids is 1. The number of nitrogens with two attached hydrogens (primary N) is 1. The second kappa shape index (κ2) is 2.78. The van der Waals surface area contributed by atoms with Crippen LogP contribution >= 0.6 is 0 Å². The summed E-state index contributed by atoms with van der Waals surface area (Å²) in [7, 11) is 0. The second-order valence-electron chi connectivity index (χ2n) is 2.60. The molecule has 4 N–H and O–H groups in total. The number of primary amides is 1. The number of rotatable bonds is 1. The molecular formula is C8H8N4O. The zero-order chi connectivity index (χ0) is 9.26. The summed E-state index contributed by atoms with van der Waals surface area (Å²) in [6.07, 6.45) is 1.78. The molecule has 0 radical (unpaired) electrons. The van der Waals surface area contributed by atoms with Crippen LogP contribution in [0.4, 0.5) is 10.6 Å². The summed E-state index contributed by atoms with van der Waals surface area (Å²) < 4.78 is 0. The van der Waals surface area contributed by atoms with E-state index < -0.39 is 6.03 Å². The summed E-state index contributed by atoms with van der Waals surface area (Å²) in [5.41, 5.74) is 6.67. The van der Waals surface area contributed by atoms with Gasteiger partial charge in [0.2, 0.25) is 0 Å². The molecule has 0 aromatic carbocycles. The third kappa shape index (κ3) is 1.44. The van der Waals surface area contributed by atoms with Gasteiger partial charge in [-0.2, -0.15) is 0 Å². The monoisotopic (exact) mass is 176 g/mol. The van der Waals surface area contributed by atoms with E-state index in [0.717, 1.165) is 11.0 Å². The van der Waals surface area contributed by atoms with Gasteiger partial charge in [0.15, 0.2) is 0 Å². The summed E-state index contributed by atoms with van der Waals surface area (Å²) in [6.45, 7) is 0. The number of amides is 2. The molecule has 66 valence electrons. The SMILES string of the molecule is NC(=O)Nc1ccc2[nH]ccc2n1. The standard InChI is InChI=1S/C8H8N4O/c9-8(13)12-7-2-1-5-6(11-7)3-4-10-5/h1-4,10H,(H3,9,11,12,13). The molecule has 0 aliphatic rings. The lowest BCUT2D eigenvalue weighted by atomic mass is 10.4. The Balaban J connectivity index is 2.42. The highest BCUT2D eigenvalue weighted by Crippen LogP contribution is 2.12. The van der Waals surface area contributed by atoms with Crippen LogP contribution in [-0.4, -0.2) is 16.0 Å². The summed E-state index contributed by atoms with van der Waals surface area (Å²) >= 11 is 0. The van der Waals surface area contributed by atoms with E-state index in [-0.39, 0.29) is 0 Å². The number of H-pyrrole nitrogens is 1. The van der Waals surface area contributed by atoms with Gasteiger partial charge in [0.1, 0.15) is 5.82 Å². The highest BCUT2D eigenvalue weighted by atomic mass is 16.2. The van der Waals surface area contributed by atoms with Gasteiger partial charge in [0.25, 0.3) is 0 Å². The van der Waals surface area contributed by atoms with Crippen LogP contribution < -0.4 is 11.1 Å². The number of hydrogen-bond donors (Lipinski definition) is 3. The van der Waals surface area contributed by atoms with E-state index in [1.165, 1.54) is 0 Å². The molecule has 0 fully saturated rings. The van der Waals surface area contributed by atoms with Crippen LogP contribution in [0.3, 0.4) is 0 Å². The van der Waals surface area contributed by atoms with Crippen molar-refractivity contribution in [3.63, 3.8) is 0 Å². The van der Waals surface area contributed by atoms with Crippen LogP contribution in [0.25, 0.3) is 11.0 Å². The number of nitrogens with zero attached hydrogens (tertiary/aromatic N) is 1. The van der Waals surface area contributed by atoms with E-state index in [1.807, 2.05) is 12.1 Å². The van der Waals surface area contributed by atoms with Crippen molar-refractivity contribution in [2.24, 2.45) is 5.73 Å². The van der Waals surface area contributed by atoms with Crippen LogP contribution in [0.15, 0.2) is 24.4 Å². The fourth-order valence-electron chi connectivity index (χ4n) is 1.13. The fourth-order valence-corrected chi connectivity index (χ4v) is 1.13. The largest absolute Gasteiger partial charge is 0.360 e. The Hall–Kier alpha value is -2.04.